The number of aromatic nitrogens is 2. The normalized spacial score (nSPS) is 16.9. The van der Waals surface area contributed by atoms with Gasteiger partial charge in [-0.05, 0) is 43.9 Å². The van der Waals surface area contributed by atoms with Crippen molar-refractivity contribution in [3.63, 3.8) is 0 Å². The number of rotatable bonds is 2. The number of ketones is 1. The van der Waals surface area contributed by atoms with Crippen LogP contribution in [0.5, 0.6) is 0 Å². The minimum Gasteiger partial charge on any atom is -0.342 e. The molecule has 0 N–H and O–H groups in total. The summed E-state index contributed by atoms with van der Waals surface area (Å²) in [6.45, 7) is 9.17. The van der Waals surface area contributed by atoms with Crippen molar-refractivity contribution in [2.75, 3.05) is 0 Å². The predicted octanol–water partition coefficient (Wildman–Crippen LogP) is 3.70. The van der Waals surface area contributed by atoms with Gasteiger partial charge in [0.05, 0.1) is 12.2 Å². The number of Topliss-reactive ketones (excluding diaryl/α,β-unsaturated/α-hetero) is 1. The Morgan fingerprint density at radius 2 is 2.00 bits per heavy atom. The van der Waals surface area contributed by atoms with Crippen molar-refractivity contribution in [1.82, 2.24) is 9.55 Å². The van der Waals surface area contributed by atoms with E-state index in [1.807, 2.05) is 25.1 Å². The smallest absolute Gasteiger partial charge is 0.165 e. The third kappa shape index (κ3) is 2.65. The summed E-state index contributed by atoms with van der Waals surface area (Å²) in [5.41, 5.74) is 5.37. The van der Waals surface area contributed by atoms with E-state index in [1.165, 1.54) is 5.69 Å². The second kappa shape index (κ2) is 4.83. The zero-order valence-corrected chi connectivity index (χ0v) is 13.2. The number of hydrogen-bond acceptors (Lipinski definition) is 2. The molecule has 0 unspecified atom stereocenters. The van der Waals surface area contributed by atoms with Gasteiger partial charge in [0.15, 0.2) is 5.78 Å². The molecule has 21 heavy (non-hydrogen) atoms. The number of pyridine rings is 1. The summed E-state index contributed by atoms with van der Waals surface area (Å²) in [6, 6.07) is 8.14. The van der Waals surface area contributed by atoms with Crippen LogP contribution in [0.2, 0.25) is 0 Å². The summed E-state index contributed by atoms with van der Waals surface area (Å²) in [7, 11) is 0. The molecule has 0 saturated carbocycles. The molecule has 1 aliphatic rings. The third-order valence-electron chi connectivity index (χ3n) is 4.27. The van der Waals surface area contributed by atoms with Gasteiger partial charge in [0.2, 0.25) is 0 Å². The maximum atomic E-state index is 12.3. The SMILES string of the molecule is Cc1cccc(Cn2c(C)cc3c2CC(C)(C)CC3=O)n1. The van der Waals surface area contributed by atoms with Crippen molar-refractivity contribution >= 4 is 5.78 Å². The van der Waals surface area contributed by atoms with E-state index in [2.05, 4.69) is 36.4 Å². The highest BCUT2D eigenvalue weighted by atomic mass is 16.1. The number of carbonyl (C=O) groups excluding carboxylic acids is 1. The fourth-order valence-corrected chi connectivity index (χ4v) is 3.28. The van der Waals surface area contributed by atoms with Crippen molar-refractivity contribution in [2.45, 2.75) is 47.1 Å². The zero-order chi connectivity index (χ0) is 15.2. The highest BCUT2D eigenvalue weighted by Crippen LogP contribution is 2.36. The van der Waals surface area contributed by atoms with E-state index in [0.717, 1.165) is 35.6 Å². The van der Waals surface area contributed by atoms with Gasteiger partial charge < -0.3 is 4.57 Å². The highest BCUT2D eigenvalue weighted by molar-refractivity contribution is 5.99. The Balaban J connectivity index is 2.02. The van der Waals surface area contributed by atoms with Gasteiger partial charge in [0.1, 0.15) is 0 Å². The van der Waals surface area contributed by atoms with E-state index >= 15 is 0 Å². The molecular formula is C18H22N2O. The summed E-state index contributed by atoms with van der Waals surface area (Å²) >= 11 is 0. The fourth-order valence-electron chi connectivity index (χ4n) is 3.28. The van der Waals surface area contributed by atoms with E-state index in [0.29, 0.717) is 6.42 Å². The van der Waals surface area contributed by atoms with Crippen molar-refractivity contribution < 1.29 is 4.79 Å². The lowest BCUT2D eigenvalue weighted by atomic mass is 9.76. The van der Waals surface area contributed by atoms with E-state index < -0.39 is 0 Å². The molecule has 2 aromatic heterocycles. The van der Waals surface area contributed by atoms with Crippen molar-refractivity contribution in [3.8, 4) is 0 Å². The van der Waals surface area contributed by atoms with Gasteiger partial charge in [0, 0.05) is 29.1 Å². The molecule has 0 spiro atoms. The molecular weight excluding hydrogens is 260 g/mol. The molecule has 0 atom stereocenters. The first kappa shape index (κ1) is 14.1. The van der Waals surface area contributed by atoms with Gasteiger partial charge in [-0.1, -0.05) is 19.9 Å². The van der Waals surface area contributed by atoms with E-state index in [9.17, 15) is 4.79 Å². The average Bonchev–Trinajstić information content (AvgIpc) is 2.66. The Bertz CT molecular complexity index is 710. The first-order chi connectivity index (χ1) is 9.85. The average molecular weight is 282 g/mol. The Kier molecular flexibility index (Phi) is 3.23. The van der Waals surface area contributed by atoms with Gasteiger partial charge >= 0.3 is 0 Å². The van der Waals surface area contributed by atoms with Gasteiger partial charge in [-0.25, -0.2) is 0 Å². The van der Waals surface area contributed by atoms with Crippen LogP contribution in [0.4, 0.5) is 0 Å². The number of fused-ring (bicyclic) bond motifs is 1. The maximum absolute atomic E-state index is 12.3. The van der Waals surface area contributed by atoms with Gasteiger partial charge in [-0.2, -0.15) is 0 Å². The molecule has 3 nitrogen and oxygen atoms in total. The Labute approximate surface area is 126 Å². The Hall–Kier alpha value is -1.90. The van der Waals surface area contributed by atoms with Crippen molar-refractivity contribution in [2.24, 2.45) is 5.41 Å². The summed E-state index contributed by atoms with van der Waals surface area (Å²) in [5.74, 6) is 0.278. The van der Waals surface area contributed by atoms with Crippen LogP contribution in [0, 0.1) is 19.3 Å². The van der Waals surface area contributed by atoms with Crippen LogP contribution in [0.25, 0.3) is 0 Å². The van der Waals surface area contributed by atoms with Crippen LogP contribution in [-0.4, -0.2) is 15.3 Å². The number of aryl methyl sites for hydroxylation is 2. The lowest BCUT2D eigenvalue weighted by Crippen LogP contribution is -2.28. The van der Waals surface area contributed by atoms with Crippen LogP contribution in [-0.2, 0) is 13.0 Å². The summed E-state index contributed by atoms with van der Waals surface area (Å²) in [4.78, 5) is 16.9. The van der Waals surface area contributed by atoms with Crippen LogP contribution in [0.3, 0.4) is 0 Å². The second-order valence-electron chi connectivity index (χ2n) is 6.94. The molecule has 0 radical (unpaired) electrons. The van der Waals surface area contributed by atoms with Crippen LogP contribution in [0.1, 0.15) is 53.4 Å². The summed E-state index contributed by atoms with van der Waals surface area (Å²) in [6.07, 6.45) is 1.60. The third-order valence-corrected chi connectivity index (χ3v) is 4.27. The van der Waals surface area contributed by atoms with Gasteiger partial charge in [0.25, 0.3) is 0 Å². The monoisotopic (exact) mass is 282 g/mol. The Morgan fingerprint density at radius 1 is 1.24 bits per heavy atom. The largest absolute Gasteiger partial charge is 0.342 e. The molecule has 2 heterocycles. The number of nitrogens with zero attached hydrogens (tertiary/aromatic N) is 2. The molecule has 1 aliphatic carbocycles. The fraction of sp³-hybridized carbons (Fsp3) is 0.444. The maximum Gasteiger partial charge on any atom is 0.165 e. The second-order valence-corrected chi connectivity index (χ2v) is 6.94. The predicted molar refractivity (Wildman–Crippen MR) is 83.7 cm³/mol. The van der Waals surface area contributed by atoms with Crippen LogP contribution >= 0.6 is 0 Å². The lowest BCUT2D eigenvalue weighted by molar-refractivity contribution is 0.0910. The summed E-state index contributed by atoms with van der Waals surface area (Å²) in [5, 5.41) is 0. The molecule has 0 bridgehead atoms. The Morgan fingerprint density at radius 3 is 2.71 bits per heavy atom. The van der Waals surface area contributed by atoms with Gasteiger partial charge in [-0.3, -0.25) is 9.78 Å². The topological polar surface area (TPSA) is 34.9 Å². The molecule has 110 valence electrons. The van der Waals surface area contributed by atoms with E-state index in [4.69, 9.17) is 0 Å². The zero-order valence-electron chi connectivity index (χ0n) is 13.2. The standard InChI is InChI=1S/C18H22N2O/c1-12-6-5-7-14(19-12)11-20-13(2)8-15-16(20)9-18(3,4)10-17(15)21/h5-8H,9-11H2,1-4H3. The molecule has 3 rings (SSSR count). The first-order valence-electron chi connectivity index (χ1n) is 7.50. The molecule has 0 fully saturated rings. The van der Waals surface area contributed by atoms with E-state index in [-0.39, 0.29) is 11.2 Å². The minimum absolute atomic E-state index is 0.0483. The van der Waals surface area contributed by atoms with Crippen molar-refractivity contribution in [1.29, 1.82) is 0 Å². The number of hydrogen-bond donors (Lipinski definition) is 0. The molecule has 0 amide bonds. The van der Waals surface area contributed by atoms with E-state index in [1.54, 1.807) is 0 Å². The quantitative estimate of drug-likeness (QED) is 0.841. The molecule has 0 saturated heterocycles. The summed E-state index contributed by atoms with van der Waals surface area (Å²) < 4.78 is 2.26. The highest BCUT2D eigenvalue weighted by Gasteiger charge is 2.33. The number of carbonyl (C=O) groups is 1. The van der Waals surface area contributed by atoms with Crippen LogP contribution < -0.4 is 0 Å². The van der Waals surface area contributed by atoms with Crippen molar-refractivity contribution in [3.05, 3.63) is 52.6 Å². The van der Waals surface area contributed by atoms with Gasteiger partial charge in [-0.15, -0.1) is 0 Å². The first-order valence-corrected chi connectivity index (χ1v) is 7.50. The lowest BCUT2D eigenvalue weighted by Gasteiger charge is -2.29. The molecule has 3 heteroatoms. The molecule has 2 aromatic rings. The molecule has 0 aromatic carbocycles. The minimum atomic E-state index is 0.0483. The van der Waals surface area contributed by atoms with Crippen LogP contribution in [0.15, 0.2) is 24.3 Å². The molecule has 0 aliphatic heterocycles.